The first kappa shape index (κ1) is 16.8. The van der Waals surface area contributed by atoms with E-state index in [1.807, 2.05) is 33.2 Å². The Morgan fingerprint density at radius 2 is 1.74 bits per heavy atom. The van der Waals surface area contributed by atoms with Gasteiger partial charge in [0.05, 0.1) is 6.10 Å². The molecule has 19 heavy (non-hydrogen) atoms. The molecule has 2 nitrogen and oxygen atoms in total. The fourth-order valence-electron chi connectivity index (χ4n) is 3.48. The fraction of sp³-hybridized carbons (Fsp3) is 0.600. The van der Waals surface area contributed by atoms with Crippen molar-refractivity contribution in [2.75, 3.05) is 14.1 Å². The molecule has 2 atom stereocenters. The summed E-state index contributed by atoms with van der Waals surface area (Å²) in [6.07, 6.45) is 3.18. The lowest BCUT2D eigenvalue weighted by atomic mass is 9.58. The van der Waals surface area contributed by atoms with Crippen molar-refractivity contribution in [3.8, 4) is 0 Å². The van der Waals surface area contributed by atoms with Crippen LogP contribution in [0.3, 0.4) is 0 Å². The second kappa shape index (κ2) is 6.45. The minimum Gasteiger partial charge on any atom is -0.392 e. The number of halogens is 2. The van der Waals surface area contributed by atoms with Crippen LogP contribution in [0.1, 0.15) is 31.7 Å². The van der Waals surface area contributed by atoms with E-state index in [4.69, 9.17) is 11.6 Å². The molecule has 0 aromatic heterocycles. The lowest BCUT2D eigenvalue weighted by molar-refractivity contribution is 0.00305. The number of aliphatic hydroxyl groups is 1. The Labute approximate surface area is 127 Å². The quantitative estimate of drug-likeness (QED) is 0.920. The minimum atomic E-state index is -0.337. The van der Waals surface area contributed by atoms with Crippen molar-refractivity contribution in [1.29, 1.82) is 0 Å². The van der Waals surface area contributed by atoms with Crippen LogP contribution in [0.5, 0.6) is 0 Å². The van der Waals surface area contributed by atoms with Crippen LogP contribution in [0.4, 0.5) is 0 Å². The van der Waals surface area contributed by atoms with Crippen LogP contribution in [0.2, 0.25) is 5.02 Å². The van der Waals surface area contributed by atoms with Crippen LogP contribution in [0.15, 0.2) is 24.3 Å². The molecule has 0 saturated heterocycles. The summed E-state index contributed by atoms with van der Waals surface area (Å²) in [6.45, 7) is 1.89. The highest BCUT2D eigenvalue weighted by Crippen LogP contribution is 2.48. The van der Waals surface area contributed by atoms with Gasteiger partial charge in [-0.2, -0.15) is 0 Å². The lowest BCUT2D eigenvalue weighted by Crippen LogP contribution is -2.57. The van der Waals surface area contributed by atoms with E-state index in [-0.39, 0.29) is 30.0 Å². The molecule has 0 bridgehead atoms. The van der Waals surface area contributed by atoms with Gasteiger partial charge < -0.3 is 10.0 Å². The number of nitrogens with zero attached hydrogens (tertiary/aromatic N) is 1. The largest absolute Gasteiger partial charge is 0.392 e. The number of hydrogen-bond acceptors (Lipinski definition) is 2. The third kappa shape index (κ3) is 3.08. The number of benzene rings is 1. The standard InChI is InChI=1S/C15H22ClNO.ClH/c1-11(18)14(17(2)3)15(9-4-10-15)12-5-7-13(16)8-6-12;/h5-8,11,14,18H,4,9-10H2,1-3H3;1H. The maximum atomic E-state index is 10.1. The first-order chi connectivity index (χ1) is 8.47. The lowest BCUT2D eigenvalue weighted by Gasteiger charge is -2.52. The molecule has 1 N–H and O–H groups in total. The van der Waals surface area contributed by atoms with E-state index in [2.05, 4.69) is 17.0 Å². The molecule has 0 heterocycles. The van der Waals surface area contributed by atoms with E-state index in [0.29, 0.717) is 0 Å². The van der Waals surface area contributed by atoms with Crippen LogP contribution in [0, 0.1) is 0 Å². The molecule has 1 aromatic carbocycles. The first-order valence-electron chi connectivity index (χ1n) is 6.58. The molecular weight excluding hydrogens is 281 g/mol. The van der Waals surface area contributed by atoms with E-state index in [0.717, 1.165) is 17.9 Å². The fourth-order valence-corrected chi connectivity index (χ4v) is 3.61. The molecule has 0 spiro atoms. The molecule has 0 amide bonds. The zero-order valence-electron chi connectivity index (χ0n) is 11.8. The summed E-state index contributed by atoms with van der Waals surface area (Å²) < 4.78 is 0. The summed E-state index contributed by atoms with van der Waals surface area (Å²) in [5.41, 5.74) is 1.39. The van der Waals surface area contributed by atoms with E-state index >= 15 is 0 Å². The van der Waals surface area contributed by atoms with Crippen LogP contribution in [-0.4, -0.2) is 36.2 Å². The second-order valence-electron chi connectivity index (χ2n) is 5.67. The van der Waals surface area contributed by atoms with Crippen molar-refractivity contribution < 1.29 is 5.11 Å². The van der Waals surface area contributed by atoms with Gasteiger partial charge in [0.2, 0.25) is 0 Å². The zero-order chi connectivity index (χ0) is 13.3. The van der Waals surface area contributed by atoms with Crippen molar-refractivity contribution in [2.24, 2.45) is 0 Å². The molecule has 0 radical (unpaired) electrons. The third-order valence-electron chi connectivity index (χ3n) is 4.24. The van der Waals surface area contributed by atoms with Gasteiger partial charge in [-0.15, -0.1) is 12.4 Å². The third-order valence-corrected chi connectivity index (χ3v) is 4.50. The predicted molar refractivity (Wildman–Crippen MR) is 83.4 cm³/mol. The Hall–Kier alpha value is -0.280. The van der Waals surface area contributed by atoms with E-state index in [1.54, 1.807) is 0 Å². The van der Waals surface area contributed by atoms with Crippen LogP contribution in [-0.2, 0) is 5.41 Å². The van der Waals surface area contributed by atoms with E-state index < -0.39 is 0 Å². The van der Waals surface area contributed by atoms with E-state index in [9.17, 15) is 5.11 Å². The smallest absolute Gasteiger partial charge is 0.0675 e. The Morgan fingerprint density at radius 1 is 1.21 bits per heavy atom. The Bertz CT molecular complexity index is 391. The average molecular weight is 304 g/mol. The van der Waals surface area contributed by atoms with Crippen molar-refractivity contribution in [2.45, 2.75) is 43.7 Å². The topological polar surface area (TPSA) is 23.5 Å². The number of rotatable bonds is 4. The normalized spacial score (nSPS) is 20.3. The molecule has 1 aromatic rings. The first-order valence-corrected chi connectivity index (χ1v) is 6.96. The Morgan fingerprint density at radius 3 is 2.05 bits per heavy atom. The van der Waals surface area contributed by atoms with Gasteiger partial charge in [0, 0.05) is 16.5 Å². The van der Waals surface area contributed by atoms with Gasteiger partial charge in [0.1, 0.15) is 0 Å². The summed E-state index contributed by atoms with van der Waals surface area (Å²) >= 11 is 5.97. The Balaban J connectivity index is 0.00000180. The molecule has 2 rings (SSSR count). The van der Waals surface area contributed by atoms with Gasteiger partial charge in [-0.05, 0) is 51.6 Å². The van der Waals surface area contributed by atoms with Crippen LogP contribution >= 0.6 is 24.0 Å². The highest BCUT2D eigenvalue weighted by Gasteiger charge is 2.48. The van der Waals surface area contributed by atoms with Gasteiger partial charge in [-0.1, -0.05) is 30.2 Å². The van der Waals surface area contributed by atoms with Gasteiger partial charge in [-0.25, -0.2) is 0 Å². The number of likely N-dealkylation sites (N-methyl/N-ethyl adjacent to an activating group) is 1. The molecule has 4 heteroatoms. The van der Waals surface area contributed by atoms with Gasteiger partial charge >= 0.3 is 0 Å². The zero-order valence-corrected chi connectivity index (χ0v) is 13.3. The van der Waals surface area contributed by atoms with Gasteiger partial charge in [-0.3, -0.25) is 0 Å². The molecule has 0 aliphatic heterocycles. The van der Waals surface area contributed by atoms with Crippen molar-refractivity contribution >= 4 is 24.0 Å². The second-order valence-corrected chi connectivity index (χ2v) is 6.10. The maximum Gasteiger partial charge on any atom is 0.0675 e. The van der Waals surface area contributed by atoms with Gasteiger partial charge in [0.25, 0.3) is 0 Å². The maximum absolute atomic E-state index is 10.1. The molecular formula is C15H23Cl2NO. The minimum absolute atomic E-state index is 0. The Kier molecular flexibility index (Phi) is 5.69. The van der Waals surface area contributed by atoms with Crippen molar-refractivity contribution in [3.63, 3.8) is 0 Å². The SMILES string of the molecule is CC(O)C(N(C)C)C1(c2ccc(Cl)cc2)CCC1.Cl. The summed E-state index contributed by atoms with van der Waals surface area (Å²) in [5.74, 6) is 0. The van der Waals surface area contributed by atoms with Crippen molar-refractivity contribution in [3.05, 3.63) is 34.9 Å². The number of hydrogen-bond donors (Lipinski definition) is 1. The summed E-state index contributed by atoms with van der Waals surface area (Å²) in [6, 6.07) is 8.28. The highest BCUT2D eigenvalue weighted by atomic mass is 35.5. The predicted octanol–water partition coefficient (Wildman–Crippen LogP) is 3.49. The van der Waals surface area contributed by atoms with E-state index in [1.165, 1.54) is 12.0 Å². The highest BCUT2D eigenvalue weighted by molar-refractivity contribution is 6.30. The molecule has 1 aliphatic carbocycles. The monoisotopic (exact) mass is 303 g/mol. The average Bonchev–Trinajstić information content (AvgIpc) is 2.23. The summed E-state index contributed by atoms with van der Waals surface area (Å²) in [4.78, 5) is 2.15. The van der Waals surface area contributed by atoms with Gasteiger partial charge in [0.15, 0.2) is 0 Å². The molecule has 108 valence electrons. The van der Waals surface area contributed by atoms with Crippen LogP contribution < -0.4 is 0 Å². The molecule has 2 unspecified atom stereocenters. The van der Waals surface area contributed by atoms with Crippen molar-refractivity contribution in [1.82, 2.24) is 4.90 Å². The molecule has 1 aliphatic rings. The number of aliphatic hydroxyl groups excluding tert-OH is 1. The summed E-state index contributed by atoms with van der Waals surface area (Å²) in [7, 11) is 4.10. The molecule has 1 fully saturated rings. The van der Waals surface area contributed by atoms with Crippen LogP contribution in [0.25, 0.3) is 0 Å². The molecule has 1 saturated carbocycles. The summed E-state index contributed by atoms with van der Waals surface area (Å²) in [5, 5.41) is 10.9.